The summed E-state index contributed by atoms with van der Waals surface area (Å²) in [5, 5.41) is 21.1. The highest BCUT2D eigenvalue weighted by molar-refractivity contribution is 9.10. The second-order valence-electron chi connectivity index (χ2n) is 5.65. The lowest BCUT2D eigenvalue weighted by Crippen LogP contribution is -1.95. The van der Waals surface area contributed by atoms with Gasteiger partial charge in [-0.05, 0) is 24.6 Å². The number of benzene rings is 1. The van der Waals surface area contributed by atoms with Crippen LogP contribution in [0.2, 0.25) is 0 Å². The molecule has 0 unspecified atom stereocenters. The smallest absolute Gasteiger partial charge is 0.271 e. The number of nitrogens with zero attached hydrogens (tertiary/aromatic N) is 4. The van der Waals surface area contributed by atoms with Crippen LogP contribution in [0.25, 0.3) is 16.8 Å². The van der Waals surface area contributed by atoms with E-state index in [1.54, 1.807) is 16.8 Å². The predicted molar refractivity (Wildman–Crippen MR) is 105 cm³/mol. The molecule has 3 heterocycles. The van der Waals surface area contributed by atoms with E-state index in [1.807, 2.05) is 30.6 Å². The highest BCUT2D eigenvalue weighted by atomic mass is 79.9. The average Bonchev–Trinajstić information content (AvgIpc) is 3.22. The van der Waals surface area contributed by atoms with Crippen molar-refractivity contribution in [1.29, 1.82) is 0 Å². The third kappa shape index (κ3) is 3.06. The number of thiazole rings is 1. The van der Waals surface area contributed by atoms with Crippen LogP contribution in [-0.2, 0) is 0 Å². The topological polar surface area (TPSA) is 85.4 Å². The fourth-order valence-corrected chi connectivity index (χ4v) is 3.64. The molecule has 9 heteroatoms. The van der Waals surface area contributed by atoms with Crippen LogP contribution in [0.1, 0.15) is 5.56 Å². The second kappa shape index (κ2) is 6.50. The second-order valence-corrected chi connectivity index (χ2v) is 7.43. The van der Waals surface area contributed by atoms with Gasteiger partial charge < -0.3 is 5.32 Å². The molecule has 0 amide bonds. The maximum atomic E-state index is 11.0. The standard InChI is InChI=1S/C17H12BrN5O2S/c1-10-2-3-12(23(24)25)7-14(10)20-17-21-15(9-26-17)13-8-19-22-5-4-11(18)6-16(13)22/h2-9H,1H3,(H,20,21). The molecule has 1 N–H and O–H groups in total. The number of nitro benzene ring substituents is 1. The Hall–Kier alpha value is -2.78. The highest BCUT2D eigenvalue weighted by Gasteiger charge is 2.13. The Kier molecular flexibility index (Phi) is 4.17. The quantitative estimate of drug-likeness (QED) is 0.356. The third-order valence-corrected chi connectivity index (χ3v) is 5.19. The zero-order valence-corrected chi connectivity index (χ0v) is 15.9. The number of anilines is 2. The predicted octanol–water partition coefficient (Wildman–Crippen LogP) is 5.18. The molecule has 0 aliphatic rings. The average molecular weight is 430 g/mol. The number of hydrogen-bond acceptors (Lipinski definition) is 6. The molecule has 130 valence electrons. The number of nitro groups is 1. The van der Waals surface area contributed by atoms with Gasteiger partial charge in [0.05, 0.1) is 28.0 Å². The first-order chi connectivity index (χ1) is 12.5. The van der Waals surface area contributed by atoms with E-state index in [1.165, 1.54) is 23.5 Å². The molecule has 0 spiro atoms. The van der Waals surface area contributed by atoms with Crippen LogP contribution in [0, 0.1) is 17.0 Å². The lowest BCUT2D eigenvalue weighted by Gasteiger charge is -2.06. The molecule has 4 rings (SSSR count). The monoisotopic (exact) mass is 429 g/mol. The van der Waals surface area contributed by atoms with Crippen LogP contribution in [0.3, 0.4) is 0 Å². The van der Waals surface area contributed by atoms with Gasteiger partial charge in [-0.15, -0.1) is 11.3 Å². The van der Waals surface area contributed by atoms with Crippen molar-refractivity contribution >= 4 is 49.3 Å². The van der Waals surface area contributed by atoms with Crippen LogP contribution in [0.15, 0.2) is 52.6 Å². The minimum absolute atomic E-state index is 0.0439. The number of halogens is 1. The molecule has 0 atom stereocenters. The fraction of sp³-hybridized carbons (Fsp3) is 0.0588. The summed E-state index contributed by atoms with van der Waals surface area (Å²) in [6.07, 6.45) is 3.65. The van der Waals surface area contributed by atoms with E-state index in [-0.39, 0.29) is 5.69 Å². The van der Waals surface area contributed by atoms with Crippen molar-refractivity contribution in [3.63, 3.8) is 0 Å². The Labute approximate surface area is 160 Å². The Bertz CT molecular complexity index is 1140. The molecule has 0 aliphatic heterocycles. The maximum absolute atomic E-state index is 11.0. The van der Waals surface area contributed by atoms with Crippen LogP contribution < -0.4 is 5.32 Å². The molecule has 0 bridgehead atoms. The zero-order chi connectivity index (χ0) is 18.3. The molecule has 1 aromatic carbocycles. The van der Waals surface area contributed by atoms with Gasteiger partial charge >= 0.3 is 0 Å². The van der Waals surface area contributed by atoms with Gasteiger partial charge in [-0.25, -0.2) is 9.50 Å². The van der Waals surface area contributed by atoms with Crippen LogP contribution in [0.4, 0.5) is 16.5 Å². The number of fused-ring (bicyclic) bond motifs is 1. The van der Waals surface area contributed by atoms with Crippen LogP contribution in [-0.4, -0.2) is 19.5 Å². The number of non-ortho nitro benzene ring substituents is 1. The molecule has 3 aromatic heterocycles. The first-order valence-corrected chi connectivity index (χ1v) is 9.29. The molecule has 26 heavy (non-hydrogen) atoms. The molecule has 0 saturated carbocycles. The van der Waals surface area contributed by atoms with E-state index >= 15 is 0 Å². The normalized spacial score (nSPS) is 11.0. The third-order valence-electron chi connectivity index (χ3n) is 3.94. The van der Waals surface area contributed by atoms with Crippen molar-refractivity contribution in [2.45, 2.75) is 6.92 Å². The Morgan fingerprint density at radius 3 is 2.96 bits per heavy atom. The Morgan fingerprint density at radius 2 is 2.15 bits per heavy atom. The number of aryl methyl sites for hydroxylation is 1. The zero-order valence-electron chi connectivity index (χ0n) is 13.5. The van der Waals surface area contributed by atoms with E-state index in [2.05, 4.69) is 31.3 Å². The Balaban J connectivity index is 1.67. The molecular formula is C17H12BrN5O2S. The van der Waals surface area contributed by atoms with Crippen molar-refractivity contribution in [2.24, 2.45) is 0 Å². The Morgan fingerprint density at radius 1 is 1.31 bits per heavy atom. The molecule has 0 radical (unpaired) electrons. The van der Waals surface area contributed by atoms with E-state index in [9.17, 15) is 10.1 Å². The maximum Gasteiger partial charge on any atom is 0.271 e. The summed E-state index contributed by atoms with van der Waals surface area (Å²) in [6.45, 7) is 1.89. The van der Waals surface area contributed by atoms with Gasteiger partial charge in [-0.2, -0.15) is 5.10 Å². The number of pyridine rings is 1. The number of nitrogens with one attached hydrogen (secondary N) is 1. The summed E-state index contributed by atoms with van der Waals surface area (Å²) in [5.74, 6) is 0. The molecule has 0 fully saturated rings. The van der Waals surface area contributed by atoms with Crippen molar-refractivity contribution in [3.05, 3.63) is 68.3 Å². The van der Waals surface area contributed by atoms with Crippen molar-refractivity contribution in [1.82, 2.24) is 14.6 Å². The summed E-state index contributed by atoms with van der Waals surface area (Å²) in [5.41, 5.74) is 4.29. The number of rotatable bonds is 4. The lowest BCUT2D eigenvalue weighted by molar-refractivity contribution is -0.384. The van der Waals surface area contributed by atoms with Crippen molar-refractivity contribution < 1.29 is 4.92 Å². The van der Waals surface area contributed by atoms with Gasteiger partial charge in [0.1, 0.15) is 0 Å². The molecule has 0 saturated heterocycles. The van der Waals surface area contributed by atoms with E-state index < -0.39 is 4.92 Å². The SMILES string of the molecule is Cc1ccc([N+](=O)[O-])cc1Nc1nc(-c2cnn3ccc(Br)cc23)cs1. The summed E-state index contributed by atoms with van der Waals surface area (Å²) in [4.78, 5) is 15.2. The van der Waals surface area contributed by atoms with E-state index in [0.717, 1.165) is 26.8 Å². The first-order valence-electron chi connectivity index (χ1n) is 7.62. The molecule has 7 nitrogen and oxygen atoms in total. The van der Waals surface area contributed by atoms with Crippen molar-refractivity contribution in [2.75, 3.05) is 5.32 Å². The van der Waals surface area contributed by atoms with Gasteiger partial charge in [-0.3, -0.25) is 10.1 Å². The number of aromatic nitrogens is 3. The molecular weight excluding hydrogens is 418 g/mol. The van der Waals surface area contributed by atoms with Crippen LogP contribution in [0.5, 0.6) is 0 Å². The summed E-state index contributed by atoms with van der Waals surface area (Å²) in [6, 6.07) is 8.63. The van der Waals surface area contributed by atoms with Crippen LogP contribution >= 0.6 is 27.3 Å². The number of hydrogen-bond donors (Lipinski definition) is 1. The fourth-order valence-electron chi connectivity index (χ4n) is 2.58. The van der Waals surface area contributed by atoms with E-state index in [0.29, 0.717) is 10.8 Å². The van der Waals surface area contributed by atoms with Gasteiger partial charge in [0.25, 0.3) is 5.69 Å². The summed E-state index contributed by atoms with van der Waals surface area (Å²) >= 11 is 4.91. The molecule has 0 aliphatic carbocycles. The minimum Gasteiger partial charge on any atom is -0.331 e. The van der Waals surface area contributed by atoms with Gasteiger partial charge in [0, 0.05) is 33.7 Å². The first kappa shape index (κ1) is 16.7. The van der Waals surface area contributed by atoms with Gasteiger partial charge in [0.2, 0.25) is 0 Å². The summed E-state index contributed by atoms with van der Waals surface area (Å²) < 4.78 is 2.75. The summed E-state index contributed by atoms with van der Waals surface area (Å²) in [7, 11) is 0. The molecule has 4 aromatic rings. The lowest BCUT2D eigenvalue weighted by atomic mass is 10.2. The van der Waals surface area contributed by atoms with Crippen molar-refractivity contribution in [3.8, 4) is 11.3 Å². The van der Waals surface area contributed by atoms with Gasteiger partial charge in [0.15, 0.2) is 5.13 Å². The van der Waals surface area contributed by atoms with Gasteiger partial charge in [-0.1, -0.05) is 22.0 Å². The van der Waals surface area contributed by atoms with E-state index in [4.69, 9.17) is 0 Å². The highest BCUT2D eigenvalue weighted by Crippen LogP contribution is 2.32. The largest absolute Gasteiger partial charge is 0.331 e. The minimum atomic E-state index is -0.408.